The van der Waals surface area contributed by atoms with Crippen LogP contribution >= 0.6 is 0 Å². The monoisotopic (exact) mass is 389 g/mol. The number of aromatic nitrogens is 1. The minimum Gasteiger partial charge on any atom is -0.454 e. The second-order valence-corrected chi connectivity index (χ2v) is 6.82. The van der Waals surface area contributed by atoms with E-state index in [1.165, 1.54) is 5.56 Å². The fraction of sp³-hybridized carbons (Fsp3) is 0.217. The predicted molar refractivity (Wildman–Crippen MR) is 111 cm³/mol. The summed E-state index contributed by atoms with van der Waals surface area (Å²) in [5, 5.41) is 6.26. The quantitative estimate of drug-likeness (QED) is 0.574. The van der Waals surface area contributed by atoms with E-state index in [-0.39, 0.29) is 12.7 Å². The highest BCUT2D eigenvalue weighted by molar-refractivity contribution is 5.93. The van der Waals surface area contributed by atoms with E-state index in [0.717, 1.165) is 35.6 Å². The number of aryl methyl sites for hydroxylation is 1. The third kappa shape index (κ3) is 5.04. The maximum absolute atomic E-state index is 12.4. The van der Waals surface area contributed by atoms with Gasteiger partial charge >= 0.3 is 0 Å². The van der Waals surface area contributed by atoms with E-state index < -0.39 is 0 Å². The molecule has 2 N–H and O–H groups in total. The van der Waals surface area contributed by atoms with Crippen molar-refractivity contribution in [3.63, 3.8) is 0 Å². The summed E-state index contributed by atoms with van der Waals surface area (Å²) in [6, 6.07) is 19.7. The van der Waals surface area contributed by atoms with Crippen LogP contribution in [-0.4, -0.2) is 24.2 Å². The molecule has 0 spiro atoms. The van der Waals surface area contributed by atoms with Crippen molar-refractivity contribution >= 4 is 11.6 Å². The van der Waals surface area contributed by atoms with Crippen LogP contribution in [0.1, 0.15) is 28.0 Å². The van der Waals surface area contributed by atoms with Crippen LogP contribution in [0, 0.1) is 0 Å². The molecular formula is C23H23N3O3. The normalized spacial score (nSPS) is 11.9. The lowest BCUT2D eigenvalue weighted by Crippen LogP contribution is -2.25. The molecule has 1 amide bonds. The topological polar surface area (TPSA) is 72.5 Å². The lowest BCUT2D eigenvalue weighted by atomic mass is 10.1. The molecule has 4 rings (SSSR count). The van der Waals surface area contributed by atoms with Crippen molar-refractivity contribution < 1.29 is 14.3 Å². The van der Waals surface area contributed by atoms with E-state index in [4.69, 9.17) is 9.47 Å². The molecule has 0 radical (unpaired) electrons. The summed E-state index contributed by atoms with van der Waals surface area (Å²) in [4.78, 5) is 16.6. The van der Waals surface area contributed by atoms with Crippen LogP contribution < -0.4 is 20.1 Å². The zero-order valence-electron chi connectivity index (χ0n) is 16.1. The Hall–Kier alpha value is -3.54. The third-order valence-corrected chi connectivity index (χ3v) is 4.70. The van der Waals surface area contributed by atoms with Crippen LogP contribution in [0.3, 0.4) is 0 Å². The molecule has 2 aromatic carbocycles. The molecule has 3 aromatic rings. The Kier molecular flexibility index (Phi) is 5.90. The van der Waals surface area contributed by atoms with Crippen LogP contribution in [0.4, 0.5) is 5.69 Å². The number of hydrogen-bond donors (Lipinski definition) is 2. The molecule has 2 heterocycles. The van der Waals surface area contributed by atoms with Gasteiger partial charge in [0.05, 0.1) is 0 Å². The fourth-order valence-corrected chi connectivity index (χ4v) is 3.15. The standard InChI is InChI=1S/C23H23N3O3/c27-23(25-11-4-7-17-5-2-1-3-6-17)20-14-19(10-12-24-20)26-15-18-8-9-21-22(13-18)29-16-28-21/h1-3,5-6,8-10,12-14H,4,7,11,15-16H2,(H,24,26)(H,25,27). The number of carbonyl (C=O) groups is 1. The number of hydrogen-bond acceptors (Lipinski definition) is 5. The zero-order valence-corrected chi connectivity index (χ0v) is 16.1. The molecular weight excluding hydrogens is 366 g/mol. The molecule has 0 saturated heterocycles. The Balaban J connectivity index is 1.27. The van der Waals surface area contributed by atoms with Crippen LogP contribution in [0.15, 0.2) is 66.9 Å². The first kappa shape index (κ1) is 18.8. The zero-order chi connectivity index (χ0) is 19.9. The third-order valence-electron chi connectivity index (χ3n) is 4.70. The van der Waals surface area contributed by atoms with Gasteiger partial charge < -0.3 is 20.1 Å². The molecule has 0 fully saturated rings. The SMILES string of the molecule is O=C(NCCCc1ccccc1)c1cc(NCc2ccc3c(c2)OCO3)ccn1. The van der Waals surface area contributed by atoms with Gasteiger partial charge in [0.15, 0.2) is 11.5 Å². The van der Waals surface area contributed by atoms with Crippen LogP contribution in [0.25, 0.3) is 0 Å². The number of fused-ring (bicyclic) bond motifs is 1. The summed E-state index contributed by atoms with van der Waals surface area (Å²) in [7, 11) is 0. The van der Waals surface area contributed by atoms with Crippen molar-refractivity contribution in [2.75, 3.05) is 18.7 Å². The second-order valence-electron chi connectivity index (χ2n) is 6.82. The van der Waals surface area contributed by atoms with Gasteiger partial charge in [0.25, 0.3) is 5.91 Å². The van der Waals surface area contributed by atoms with Crippen LogP contribution in [-0.2, 0) is 13.0 Å². The van der Waals surface area contributed by atoms with Gasteiger partial charge in [0.2, 0.25) is 6.79 Å². The Morgan fingerprint density at radius 1 is 0.966 bits per heavy atom. The van der Waals surface area contributed by atoms with Gasteiger partial charge in [-0.05, 0) is 48.2 Å². The Bertz CT molecular complexity index is 976. The maximum atomic E-state index is 12.4. The van der Waals surface area contributed by atoms with Crippen LogP contribution in [0.5, 0.6) is 11.5 Å². The van der Waals surface area contributed by atoms with Gasteiger partial charge in [-0.3, -0.25) is 9.78 Å². The van der Waals surface area contributed by atoms with Gasteiger partial charge in [-0.2, -0.15) is 0 Å². The van der Waals surface area contributed by atoms with E-state index in [1.54, 1.807) is 12.3 Å². The number of anilines is 1. The van der Waals surface area contributed by atoms with E-state index in [1.807, 2.05) is 42.5 Å². The summed E-state index contributed by atoms with van der Waals surface area (Å²) in [6.07, 6.45) is 3.46. The number of carbonyl (C=O) groups excluding carboxylic acids is 1. The van der Waals surface area contributed by atoms with E-state index >= 15 is 0 Å². The number of rotatable bonds is 8. The van der Waals surface area contributed by atoms with Crippen LogP contribution in [0.2, 0.25) is 0 Å². The Morgan fingerprint density at radius 2 is 1.83 bits per heavy atom. The minimum atomic E-state index is -0.162. The van der Waals surface area contributed by atoms with Gasteiger partial charge in [-0.25, -0.2) is 0 Å². The van der Waals surface area contributed by atoms with E-state index in [0.29, 0.717) is 18.8 Å². The number of pyridine rings is 1. The maximum Gasteiger partial charge on any atom is 0.269 e. The molecule has 0 bridgehead atoms. The molecule has 6 heteroatoms. The largest absolute Gasteiger partial charge is 0.454 e. The molecule has 6 nitrogen and oxygen atoms in total. The summed E-state index contributed by atoms with van der Waals surface area (Å²) >= 11 is 0. The average Bonchev–Trinajstić information content (AvgIpc) is 3.24. The highest BCUT2D eigenvalue weighted by atomic mass is 16.7. The fourth-order valence-electron chi connectivity index (χ4n) is 3.15. The lowest BCUT2D eigenvalue weighted by molar-refractivity contribution is 0.0948. The van der Waals surface area contributed by atoms with Gasteiger partial charge in [0, 0.05) is 25.0 Å². The lowest BCUT2D eigenvalue weighted by Gasteiger charge is -2.09. The number of nitrogens with zero attached hydrogens (tertiary/aromatic N) is 1. The van der Waals surface area contributed by atoms with Gasteiger partial charge in [0.1, 0.15) is 5.69 Å². The Labute approximate surface area is 169 Å². The van der Waals surface area contributed by atoms with E-state index in [9.17, 15) is 4.79 Å². The van der Waals surface area contributed by atoms with Crippen molar-refractivity contribution in [2.45, 2.75) is 19.4 Å². The number of benzene rings is 2. The van der Waals surface area contributed by atoms with Gasteiger partial charge in [-0.1, -0.05) is 36.4 Å². The number of ether oxygens (including phenoxy) is 2. The van der Waals surface area contributed by atoms with Crippen molar-refractivity contribution in [3.05, 3.63) is 83.7 Å². The predicted octanol–water partition coefficient (Wildman–Crippen LogP) is 3.79. The first-order valence-electron chi connectivity index (χ1n) is 9.68. The number of amides is 1. The molecule has 1 aliphatic heterocycles. The summed E-state index contributed by atoms with van der Waals surface area (Å²) < 4.78 is 10.7. The highest BCUT2D eigenvalue weighted by Gasteiger charge is 2.13. The Morgan fingerprint density at radius 3 is 2.72 bits per heavy atom. The molecule has 148 valence electrons. The molecule has 29 heavy (non-hydrogen) atoms. The van der Waals surface area contributed by atoms with E-state index in [2.05, 4.69) is 27.8 Å². The van der Waals surface area contributed by atoms with Crippen molar-refractivity contribution in [1.82, 2.24) is 10.3 Å². The molecule has 0 aliphatic carbocycles. The summed E-state index contributed by atoms with van der Waals surface area (Å²) in [5.74, 6) is 1.36. The molecule has 1 aliphatic rings. The first-order valence-corrected chi connectivity index (χ1v) is 9.68. The average molecular weight is 389 g/mol. The van der Waals surface area contributed by atoms with Crippen molar-refractivity contribution in [1.29, 1.82) is 0 Å². The minimum absolute atomic E-state index is 0.162. The molecule has 0 atom stereocenters. The molecule has 0 saturated carbocycles. The van der Waals surface area contributed by atoms with Gasteiger partial charge in [-0.15, -0.1) is 0 Å². The molecule has 0 unspecified atom stereocenters. The van der Waals surface area contributed by atoms with Crippen molar-refractivity contribution in [3.8, 4) is 11.5 Å². The smallest absolute Gasteiger partial charge is 0.269 e. The van der Waals surface area contributed by atoms with Crippen molar-refractivity contribution in [2.24, 2.45) is 0 Å². The summed E-state index contributed by atoms with van der Waals surface area (Å²) in [6.45, 7) is 1.49. The number of nitrogens with one attached hydrogen (secondary N) is 2. The summed E-state index contributed by atoms with van der Waals surface area (Å²) in [5.41, 5.74) is 3.58. The molecule has 1 aromatic heterocycles. The second kappa shape index (κ2) is 9.10. The highest BCUT2D eigenvalue weighted by Crippen LogP contribution is 2.32. The first-order chi connectivity index (χ1) is 14.3.